The van der Waals surface area contributed by atoms with Gasteiger partial charge < -0.3 is 0 Å². The van der Waals surface area contributed by atoms with E-state index in [1.165, 1.54) is 0 Å². The van der Waals surface area contributed by atoms with Gasteiger partial charge in [0, 0.05) is 10.4 Å². The van der Waals surface area contributed by atoms with Crippen LogP contribution in [0, 0.1) is 0 Å². The molecule has 0 nitrogen and oxygen atoms in total. The van der Waals surface area contributed by atoms with E-state index >= 15 is 0 Å². The maximum Gasteiger partial charge on any atom is 0.133 e. The van der Waals surface area contributed by atoms with Crippen LogP contribution in [0.1, 0.15) is 16.0 Å². The molecule has 0 aliphatic heterocycles. The van der Waals surface area contributed by atoms with Crippen molar-refractivity contribution in [3.05, 3.63) is 34.3 Å². The van der Waals surface area contributed by atoms with Gasteiger partial charge in [0.1, 0.15) is 4.84 Å². The fourth-order valence-electron chi connectivity index (χ4n) is 0.891. The van der Waals surface area contributed by atoms with Crippen molar-refractivity contribution in [2.75, 3.05) is 0 Å². The fraction of sp³-hybridized carbons (Fsp3) is 0.250. The smallest absolute Gasteiger partial charge is 0.100 e. The van der Waals surface area contributed by atoms with Crippen molar-refractivity contribution < 1.29 is 0 Å². The molecule has 0 fully saturated rings. The molecule has 66 valence electrons. The zero-order chi connectivity index (χ0) is 9.14. The average Bonchev–Trinajstić information content (AvgIpc) is 2.04. The lowest BCUT2D eigenvalue weighted by Crippen LogP contribution is -1.89. The quantitative estimate of drug-likeness (QED) is 0.691. The van der Waals surface area contributed by atoms with E-state index in [9.17, 15) is 0 Å². The number of hydrogen-bond acceptors (Lipinski definition) is 0. The van der Waals surface area contributed by atoms with Crippen LogP contribution in [0.2, 0.25) is 5.02 Å². The average molecular weight is 288 g/mol. The van der Waals surface area contributed by atoms with Crippen LogP contribution >= 0.6 is 50.7 Å². The first-order valence-corrected chi connectivity index (χ1v) is 5.65. The van der Waals surface area contributed by atoms with Crippen LogP contribution in [0.5, 0.6) is 0 Å². The van der Waals surface area contributed by atoms with Gasteiger partial charge in [-0.05, 0) is 23.3 Å². The summed E-state index contributed by atoms with van der Waals surface area (Å²) < 4.78 is 0. The minimum atomic E-state index is -0.517. The van der Waals surface area contributed by atoms with Gasteiger partial charge in [-0.1, -0.05) is 33.6 Å². The maximum atomic E-state index is 5.79. The largest absolute Gasteiger partial charge is 0.133 e. The molecule has 0 aromatic heterocycles. The molecule has 0 unspecified atom stereocenters. The molecular weight excluding hydrogens is 282 g/mol. The van der Waals surface area contributed by atoms with E-state index in [0.717, 1.165) is 16.5 Å². The molecule has 0 radical (unpaired) electrons. The molecule has 0 N–H and O–H groups in total. The van der Waals surface area contributed by atoms with Crippen molar-refractivity contribution in [3.8, 4) is 0 Å². The number of hydrogen-bond donors (Lipinski definition) is 0. The summed E-state index contributed by atoms with van der Waals surface area (Å²) >= 11 is 20.6. The number of rotatable bonds is 2. The molecule has 0 aliphatic rings. The molecule has 0 amide bonds. The van der Waals surface area contributed by atoms with Crippen LogP contribution in [-0.2, 0) is 5.33 Å². The summed E-state index contributed by atoms with van der Waals surface area (Å²) in [6.45, 7) is 0. The molecule has 0 saturated heterocycles. The third-order valence-electron chi connectivity index (χ3n) is 1.49. The highest BCUT2D eigenvalue weighted by Crippen LogP contribution is 2.31. The van der Waals surface area contributed by atoms with E-state index in [1.807, 2.05) is 12.1 Å². The van der Waals surface area contributed by atoms with Crippen molar-refractivity contribution in [1.82, 2.24) is 0 Å². The maximum absolute atomic E-state index is 5.79. The van der Waals surface area contributed by atoms with Crippen molar-refractivity contribution >= 4 is 50.7 Å². The zero-order valence-corrected chi connectivity index (χ0v) is 9.88. The van der Waals surface area contributed by atoms with Crippen LogP contribution in [0.4, 0.5) is 0 Å². The summed E-state index contributed by atoms with van der Waals surface area (Å²) in [7, 11) is 0. The zero-order valence-electron chi connectivity index (χ0n) is 6.03. The lowest BCUT2D eigenvalue weighted by Gasteiger charge is -2.07. The van der Waals surface area contributed by atoms with Crippen LogP contribution in [0.25, 0.3) is 0 Å². The van der Waals surface area contributed by atoms with E-state index in [2.05, 4.69) is 15.9 Å². The predicted octanol–water partition coefficient (Wildman–Crippen LogP) is 4.71. The Kier molecular flexibility index (Phi) is 4.18. The van der Waals surface area contributed by atoms with Gasteiger partial charge in [-0.15, -0.1) is 23.2 Å². The highest BCUT2D eigenvalue weighted by molar-refractivity contribution is 9.08. The normalized spacial score (nSPS) is 10.8. The predicted molar refractivity (Wildman–Crippen MR) is 58.5 cm³/mol. The molecule has 4 heteroatoms. The number of alkyl halides is 3. The Morgan fingerprint density at radius 1 is 1.33 bits per heavy atom. The van der Waals surface area contributed by atoms with Crippen LogP contribution in [0.15, 0.2) is 18.2 Å². The number of halogens is 4. The minimum absolute atomic E-state index is 0.517. The molecule has 12 heavy (non-hydrogen) atoms. The first kappa shape index (κ1) is 10.6. The lowest BCUT2D eigenvalue weighted by atomic mass is 10.1. The summed E-state index contributed by atoms with van der Waals surface area (Å²) in [6, 6.07) is 5.50. The Balaban J connectivity index is 3.12. The van der Waals surface area contributed by atoms with Gasteiger partial charge in [0.05, 0.1) is 0 Å². The highest BCUT2D eigenvalue weighted by Gasteiger charge is 2.08. The Bertz CT molecular complexity index is 273. The SMILES string of the molecule is Clc1ccc(CBr)c(C(Cl)Cl)c1. The first-order valence-electron chi connectivity index (χ1n) is 3.27. The van der Waals surface area contributed by atoms with E-state index in [4.69, 9.17) is 34.8 Å². The van der Waals surface area contributed by atoms with Crippen molar-refractivity contribution in [2.45, 2.75) is 10.2 Å². The summed E-state index contributed by atoms with van der Waals surface area (Å²) in [5, 5.41) is 1.39. The summed E-state index contributed by atoms with van der Waals surface area (Å²) in [5.41, 5.74) is 1.93. The molecule has 0 bridgehead atoms. The topological polar surface area (TPSA) is 0 Å². The third kappa shape index (κ3) is 2.53. The third-order valence-corrected chi connectivity index (χ3v) is 2.80. The molecule has 0 aliphatic carbocycles. The Hall–Kier alpha value is 0.570. The lowest BCUT2D eigenvalue weighted by molar-refractivity contribution is 1.25. The van der Waals surface area contributed by atoms with Gasteiger partial charge in [-0.3, -0.25) is 0 Å². The van der Waals surface area contributed by atoms with Gasteiger partial charge >= 0.3 is 0 Å². The van der Waals surface area contributed by atoms with Gasteiger partial charge in [-0.25, -0.2) is 0 Å². The molecule has 0 saturated carbocycles. The standard InChI is InChI=1S/C8H6BrCl3/c9-4-5-1-2-6(10)3-7(5)8(11)12/h1-3,8H,4H2. The van der Waals surface area contributed by atoms with Gasteiger partial charge in [0.15, 0.2) is 0 Å². The number of benzene rings is 1. The molecule has 1 aromatic carbocycles. The molecule has 0 heterocycles. The van der Waals surface area contributed by atoms with E-state index in [1.54, 1.807) is 6.07 Å². The van der Waals surface area contributed by atoms with Gasteiger partial charge in [-0.2, -0.15) is 0 Å². The minimum Gasteiger partial charge on any atom is -0.100 e. The Morgan fingerprint density at radius 3 is 2.50 bits per heavy atom. The van der Waals surface area contributed by atoms with Crippen LogP contribution in [0.3, 0.4) is 0 Å². The second kappa shape index (κ2) is 4.71. The highest BCUT2D eigenvalue weighted by atomic mass is 79.9. The Labute approximate surface area is 94.9 Å². The Morgan fingerprint density at radius 2 is 2.00 bits per heavy atom. The second-order valence-corrected chi connectivity index (χ2v) is 4.37. The van der Waals surface area contributed by atoms with E-state index in [-0.39, 0.29) is 0 Å². The van der Waals surface area contributed by atoms with Gasteiger partial charge in [0.2, 0.25) is 0 Å². The van der Waals surface area contributed by atoms with Crippen molar-refractivity contribution in [3.63, 3.8) is 0 Å². The molecule has 1 aromatic rings. The van der Waals surface area contributed by atoms with Crippen LogP contribution < -0.4 is 0 Å². The summed E-state index contributed by atoms with van der Waals surface area (Å²) in [4.78, 5) is -0.517. The molecule has 0 spiro atoms. The first-order chi connectivity index (χ1) is 5.65. The van der Waals surface area contributed by atoms with E-state index < -0.39 is 4.84 Å². The molecule has 1 rings (SSSR count). The monoisotopic (exact) mass is 286 g/mol. The van der Waals surface area contributed by atoms with Gasteiger partial charge in [0.25, 0.3) is 0 Å². The van der Waals surface area contributed by atoms with Crippen molar-refractivity contribution in [1.29, 1.82) is 0 Å². The molecule has 0 atom stereocenters. The fourth-order valence-corrected chi connectivity index (χ4v) is 1.99. The van der Waals surface area contributed by atoms with Crippen molar-refractivity contribution in [2.24, 2.45) is 0 Å². The van der Waals surface area contributed by atoms with E-state index in [0.29, 0.717) is 5.02 Å². The van der Waals surface area contributed by atoms with Crippen LogP contribution in [-0.4, -0.2) is 0 Å². The summed E-state index contributed by atoms with van der Waals surface area (Å²) in [5.74, 6) is 0. The summed E-state index contributed by atoms with van der Waals surface area (Å²) in [6.07, 6.45) is 0. The molecular formula is C8H6BrCl3. The second-order valence-electron chi connectivity index (χ2n) is 2.28.